The molecule has 2 unspecified atom stereocenters. The Bertz CT molecular complexity index is 444. The lowest BCUT2D eigenvalue weighted by atomic mass is 10.1. The van der Waals surface area contributed by atoms with Crippen LogP contribution in [0.2, 0.25) is 0 Å². The smallest absolute Gasteiger partial charge is 0.129 e. The van der Waals surface area contributed by atoms with E-state index in [2.05, 4.69) is 23.7 Å². The molecule has 2 atom stereocenters. The van der Waals surface area contributed by atoms with Crippen molar-refractivity contribution in [2.24, 2.45) is 11.7 Å². The third kappa shape index (κ3) is 2.57. The Labute approximate surface area is 108 Å². The van der Waals surface area contributed by atoms with Crippen molar-refractivity contribution in [2.75, 3.05) is 11.4 Å². The van der Waals surface area contributed by atoms with E-state index >= 15 is 0 Å². The van der Waals surface area contributed by atoms with Crippen molar-refractivity contribution in [3.63, 3.8) is 0 Å². The number of pyridine rings is 1. The molecule has 0 saturated carbocycles. The van der Waals surface area contributed by atoms with Crippen LogP contribution in [-0.4, -0.2) is 22.6 Å². The minimum Gasteiger partial charge on any atom is -0.389 e. The largest absolute Gasteiger partial charge is 0.389 e. The molecule has 1 saturated heterocycles. The van der Waals surface area contributed by atoms with Crippen LogP contribution in [0.1, 0.15) is 31.5 Å². The first-order chi connectivity index (χ1) is 7.97. The molecule has 1 aromatic heterocycles. The summed E-state index contributed by atoms with van der Waals surface area (Å²) in [6.07, 6.45) is 1.22. The fraction of sp³-hybridized carbons (Fsp3) is 0.538. The summed E-state index contributed by atoms with van der Waals surface area (Å²) < 4.78 is 0. The van der Waals surface area contributed by atoms with Crippen LogP contribution in [-0.2, 0) is 0 Å². The Morgan fingerprint density at radius 1 is 1.47 bits per heavy atom. The molecular weight excluding hydrogens is 230 g/mol. The van der Waals surface area contributed by atoms with Gasteiger partial charge in [-0.3, -0.25) is 0 Å². The number of rotatable bonds is 2. The van der Waals surface area contributed by atoms with Crippen LogP contribution in [0, 0.1) is 12.8 Å². The number of hydrogen-bond acceptors (Lipinski definition) is 3. The van der Waals surface area contributed by atoms with Crippen molar-refractivity contribution in [3.8, 4) is 0 Å². The molecule has 1 aliphatic heterocycles. The second-order valence-corrected chi connectivity index (χ2v) is 5.50. The highest BCUT2D eigenvalue weighted by Gasteiger charge is 2.27. The molecule has 2 N–H and O–H groups in total. The first kappa shape index (κ1) is 12.3. The molecule has 1 aromatic rings. The van der Waals surface area contributed by atoms with Crippen molar-refractivity contribution in [1.29, 1.82) is 0 Å². The molecule has 0 aromatic carbocycles. The lowest BCUT2D eigenvalue weighted by Gasteiger charge is -2.23. The first-order valence-corrected chi connectivity index (χ1v) is 6.43. The van der Waals surface area contributed by atoms with Crippen LogP contribution in [0.15, 0.2) is 12.1 Å². The second-order valence-electron chi connectivity index (χ2n) is 5.06. The maximum absolute atomic E-state index is 5.70. The van der Waals surface area contributed by atoms with E-state index in [1.165, 1.54) is 6.42 Å². The van der Waals surface area contributed by atoms with Gasteiger partial charge in [0, 0.05) is 23.8 Å². The van der Waals surface area contributed by atoms with Gasteiger partial charge < -0.3 is 10.6 Å². The average Bonchev–Trinajstić information content (AvgIpc) is 2.57. The van der Waals surface area contributed by atoms with E-state index < -0.39 is 0 Å². The van der Waals surface area contributed by atoms with Gasteiger partial charge in [0.05, 0.1) is 0 Å². The summed E-state index contributed by atoms with van der Waals surface area (Å²) in [5, 5.41) is 0. The highest BCUT2D eigenvalue weighted by Crippen LogP contribution is 2.28. The molecular formula is C13H19N3S. The Balaban J connectivity index is 2.35. The van der Waals surface area contributed by atoms with Crippen molar-refractivity contribution in [3.05, 3.63) is 23.4 Å². The van der Waals surface area contributed by atoms with E-state index in [-0.39, 0.29) is 0 Å². The number of nitrogens with two attached hydrogens (primary N) is 1. The quantitative estimate of drug-likeness (QED) is 0.816. The van der Waals surface area contributed by atoms with E-state index in [1.807, 2.05) is 19.1 Å². The van der Waals surface area contributed by atoms with E-state index in [1.54, 1.807) is 0 Å². The molecule has 3 nitrogen and oxygen atoms in total. The summed E-state index contributed by atoms with van der Waals surface area (Å²) in [7, 11) is 0. The molecule has 0 radical (unpaired) electrons. The SMILES string of the molecule is Cc1cc(C(N)=S)cc(N2CC(C)CC2C)n1. The lowest BCUT2D eigenvalue weighted by Crippen LogP contribution is -2.28. The predicted octanol–water partition coefficient (Wildman–Crippen LogP) is 2.26. The zero-order valence-electron chi connectivity index (χ0n) is 10.6. The van der Waals surface area contributed by atoms with Crippen LogP contribution in [0.3, 0.4) is 0 Å². The normalized spacial score (nSPS) is 24.1. The minimum atomic E-state index is 0.441. The topological polar surface area (TPSA) is 42.1 Å². The maximum Gasteiger partial charge on any atom is 0.129 e. The zero-order valence-corrected chi connectivity index (χ0v) is 11.4. The number of nitrogens with zero attached hydrogens (tertiary/aromatic N) is 2. The van der Waals surface area contributed by atoms with Gasteiger partial charge in [-0.05, 0) is 38.3 Å². The summed E-state index contributed by atoms with van der Waals surface area (Å²) >= 11 is 5.04. The molecule has 0 aliphatic carbocycles. The third-order valence-corrected chi connectivity index (χ3v) is 3.54. The van der Waals surface area contributed by atoms with E-state index in [0.29, 0.717) is 11.0 Å². The van der Waals surface area contributed by atoms with Crippen molar-refractivity contribution < 1.29 is 0 Å². The van der Waals surface area contributed by atoms with Crippen LogP contribution < -0.4 is 10.6 Å². The van der Waals surface area contributed by atoms with Crippen LogP contribution >= 0.6 is 12.2 Å². The van der Waals surface area contributed by atoms with Crippen LogP contribution in [0.5, 0.6) is 0 Å². The summed E-state index contributed by atoms with van der Waals surface area (Å²) in [4.78, 5) is 7.38. The van der Waals surface area contributed by atoms with Gasteiger partial charge in [-0.25, -0.2) is 4.98 Å². The van der Waals surface area contributed by atoms with Gasteiger partial charge in [0.1, 0.15) is 10.8 Å². The molecule has 1 fully saturated rings. The number of anilines is 1. The zero-order chi connectivity index (χ0) is 12.6. The first-order valence-electron chi connectivity index (χ1n) is 6.02. The van der Waals surface area contributed by atoms with Gasteiger partial charge in [-0.2, -0.15) is 0 Å². The summed E-state index contributed by atoms with van der Waals surface area (Å²) in [6, 6.07) is 4.48. The monoisotopic (exact) mass is 249 g/mol. The Morgan fingerprint density at radius 3 is 2.71 bits per heavy atom. The number of hydrogen-bond donors (Lipinski definition) is 1. The Hall–Kier alpha value is -1.16. The maximum atomic E-state index is 5.70. The summed E-state index contributed by atoms with van der Waals surface area (Å²) in [5.41, 5.74) is 7.58. The lowest BCUT2D eigenvalue weighted by molar-refractivity contribution is 0.625. The van der Waals surface area contributed by atoms with Crippen LogP contribution in [0.4, 0.5) is 5.82 Å². The predicted molar refractivity (Wildman–Crippen MR) is 75.5 cm³/mol. The van der Waals surface area contributed by atoms with Crippen molar-refractivity contribution in [1.82, 2.24) is 4.98 Å². The Morgan fingerprint density at radius 2 is 2.18 bits per heavy atom. The van der Waals surface area contributed by atoms with Crippen molar-refractivity contribution in [2.45, 2.75) is 33.2 Å². The fourth-order valence-corrected chi connectivity index (χ4v) is 2.68. The molecule has 0 spiro atoms. The molecule has 2 rings (SSSR count). The van der Waals surface area contributed by atoms with Gasteiger partial charge in [0.2, 0.25) is 0 Å². The highest BCUT2D eigenvalue weighted by molar-refractivity contribution is 7.80. The molecule has 17 heavy (non-hydrogen) atoms. The van der Waals surface area contributed by atoms with E-state index in [0.717, 1.165) is 29.5 Å². The molecule has 2 heterocycles. The third-order valence-electron chi connectivity index (χ3n) is 3.30. The molecule has 0 amide bonds. The van der Waals surface area contributed by atoms with Gasteiger partial charge in [0.25, 0.3) is 0 Å². The molecule has 92 valence electrons. The molecule has 1 aliphatic rings. The Kier molecular flexibility index (Phi) is 3.33. The number of thiocarbonyl (C=S) groups is 1. The van der Waals surface area contributed by atoms with Gasteiger partial charge in [-0.1, -0.05) is 19.1 Å². The average molecular weight is 249 g/mol. The number of aromatic nitrogens is 1. The van der Waals surface area contributed by atoms with Gasteiger partial charge >= 0.3 is 0 Å². The fourth-order valence-electron chi connectivity index (χ4n) is 2.56. The van der Waals surface area contributed by atoms with Crippen molar-refractivity contribution >= 4 is 23.0 Å². The standard InChI is InChI=1S/C13H19N3S/c1-8-4-10(3)16(7-8)12-6-11(13(14)17)5-9(2)15-12/h5-6,8,10H,4,7H2,1-3H3,(H2,14,17). The minimum absolute atomic E-state index is 0.441. The van der Waals surface area contributed by atoms with Crippen LogP contribution in [0.25, 0.3) is 0 Å². The molecule has 0 bridgehead atoms. The van der Waals surface area contributed by atoms with E-state index in [9.17, 15) is 0 Å². The molecule has 4 heteroatoms. The van der Waals surface area contributed by atoms with E-state index in [4.69, 9.17) is 18.0 Å². The summed E-state index contributed by atoms with van der Waals surface area (Å²) in [5.74, 6) is 1.73. The second kappa shape index (κ2) is 4.61. The van der Waals surface area contributed by atoms with Gasteiger partial charge in [0.15, 0.2) is 0 Å². The number of aryl methyl sites for hydroxylation is 1. The summed E-state index contributed by atoms with van der Waals surface area (Å²) in [6.45, 7) is 7.57. The van der Waals surface area contributed by atoms with Gasteiger partial charge in [-0.15, -0.1) is 0 Å². The highest BCUT2D eigenvalue weighted by atomic mass is 32.1.